The molecular formula is C16H21NO4. The van der Waals surface area contributed by atoms with E-state index in [1.807, 2.05) is 24.3 Å². The van der Waals surface area contributed by atoms with Gasteiger partial charge in [-0.2, -0.15) is 0 Å². The Bertz CT molecular complexity index is 498. The van der Waals surface area contributed by atoms with Gasteiger partial charge in [0.05, 0.1) is 18.9 Å². The number of hydrogen-bond acceptors (Lipinski definition) is 3. The van der Waals surface area contributed by atoms with Crippen LogP contribution in [0.15, 0.2) is 24.3 Å². The summed E-state index contributed by atoms with van der Waals surface area (Å²) in [7, 11) is 1.62. The van der Waals surface area contributed by atoms with Crippen LogP contribution < -0.4 is 10.1 Å². The van der Waals surface area contributed by atoms with Crippen LogP contribution in [0.1, 0.15) is 24.8 Å². The molecule has 0 radical (unpaired) electrons. The molecule has 0 heterocycles. The molecule has 21 heavy (non-hydrogen) atoms. The standard InChI is InChI=1S/C16H21NO4/c1-21-12-7-5-11(6-8-12)9-10-17-15(18)13-3-2-4-14(13)16(19)20/h5-8,13-14H,2-4,9-10H2,1H3,(H,17,18)(H,19,20). The van der Waals surface area contributed by atoms with Crippen LogP contribution in [-0.2, 0) is 16.0 Å². The van der Waals surface area contributed by atoms with E-state index >= 15 is 0 Å². The molecule has 114 valence electrons. The minimum Gasteiger partial charge on any atom is -0.497 e. The highest BCUT2D eigenvalue weighted by atomic mass is 16.5. The number of rotatable bonds is 6. The molecule has 0 aliphatic heterocycles. The highest BCUT2D eigenvalue weighted by molar-refractivity contribution is 5.85. The van der Waals surface area contributed by atoms with Crippen molar-refractivity contribution in [2.45, 2.75) is 25.7 Å². The van der Waals surface area contributed by atoms with Crippen LogP contribution in [0.4, 0.5) is 0 Å². The van der Waals surface area contributed by atoms with Crippen LogP contribution in [0.5, 0.6) is 5.75 Å². The van der Waals surface area contributed by atoms with Gasteiger partial charge in [0.2, 0.25) is 5.91 Å². The van der Waals surface area contributed by atoms with Crippen molar-refractivity contribution >= 4 is 11.9 Å². The number of aliphatic carboxylic acids is 1. The summed E-state index contributed by atoms with van der Waals surface area (Å²) in [4.78, 5) is 23.1. The van der Waals surface area contributed by atoms with E-state index in [0.29, 0.717) is 19.4 Å². The second-order valence-electron chi connectivity index (χ2n) is 5.37. The summed E-state index contributed by atoms with van der Waals surface area (Å²) < 4.78 is 5.09. The van der Waals surface area contributed by atoms with E-state index in [2.05, 4.69) is 5.32 Å². The Hall–Kier alpha value is -2.04. The van der Waals surface area contributed by atoms with Crippen LogP contribution >= 0.6 is 0 Å². The first-order valence-corrected chi connectivity index (χ1v) is 7.25. The minimum absolute atomic E-state index is 0.131. The molecule has 1 fully saturated rings. The maximum Gasteiger partial charge on any atom is 0.307 e. The predicted molar refractivity (Wildman–Crippen MR) is 78.2 cm³/mol. The fourth-order valence-electron chi connectivity index (χ4n) is 2.82. The van der Waals surface area contributed by atoms with Crippen LogP contribution in [0, 0.1) is 11.8 Å². The summed E-state index contributed by atoms with van der Waals surface area (Å²) in [5.74, 6) is -1.08. The summed E-state index contributed by atoms with van der Waals surface area (Å²) in [6.07, 6.45) is 2.81. The maximum atomic E-state index is 12.1. The summed E-state index contributed by atoms with van der Waals surface area (Å²) in [5, 5.41) is 11.9. The molecule has 2 atom stereocenters. The monoisotopic (exact) mass is 291 g/mol. The lowest BCUT2D eigenvalue weighted by Crippen LogP contribution is -2.36. The van der Waals surface area contributed by atoms with Crippen molar-refractivity contribution in [2.24, 2.45) is 11.8 Å². The second-order valence-corrected chi connectivity index (χ2v) is 5.37. The maximum absolute atomic E-state index is 12.1. The normalized spacial score (nSPS) is 21.0. The lowest BCUT2D eigenvalue weighted by molar-refractivity contribution is -0.146. The Morgan fingerprint density at radius 2 is 1.90 bits per heavy atom. The number of carboxylic acids is 1. The number of nitrogens with one attached hydrogen (secondary N) is 1. The summed E-state index contributed by atoms with van der Waals surface area (Å²) in [6, 6.07) is 7.68. The zero-order valence-corrected chi connectivity index (χ0v) is 12.2. The number of hydrogen-bond donors (Lipinski definition) is 2. The van der Waals surface area contributed by atoms with E-state index in [9.17, 15) is 9.59 Å². The predicted octanol–water partition coefficient (Wildman–Crippen LogP) is 1.85. The van der Waals surface area contributed by atoms with Crippen molar-refractivity contribution in [2.75, 3.05) is 13.7 Å². The number of methoxy groups -OCH3 is 1. The topological polar surface area (TPSA) is 75.6 Å². The van der Waals surface area contributed by atoms with Crippen molar-refractivity contribution in [1.29, 1.82) is 0 Å². The number of carbonyl (C=O) groups is 2. The largest absolute Gasteiger partial charge is 0.497 e. The van der Waals surface area contributed by atoms with Crippen molar-refractivity contribution in [3.63, 3.8) is 0 Å². The van der Waals surface area contributed by atoms with Crippen molar-refractivity contribution in [3.05, 3.63) is 29.8 Å². The Labute approximate surface area is 124 Å². The molecule has 1 saturated carbocycles. The van der Waals surface area contributed by atoms with E-state index in [0.717, 1.165) is 24.2 Å². The molecule has 1 amide bonds. The Morgan fingerprint density at radius 1 is 1.24 bits per heavy atom. The number of ether oxygens (including phenoxy) is 1. The number of benzene rings is 1. The molecule has 0 bridgehead atoms. The van der Waals surface area contributed by atoms with Gasteiger partial charge >= 0.3 is 5.97 Å². The SMILES string of the molecule is COc1ccc(CCNC(=O)C2CCCC2C(=O)O)cc1. The average Bonchev–Trinajstić information content (AvgIpc) is 2.97. The molecule has 2 N–H and O–H groups in total. The third-order valence-electron chi connectivity index (χ3n) is 4.04. The van der Waals surface area contributed by atoms with E-state index in [1.54, 1.807) is 7.11 Å². The molecule has 2 rings (SSSR count). The second kappa shape index (κ2) is 7.11. The molecule has 2 unspecified atom stereocenters. The fraction of sp³-hybridized carbons (Fsp3) is 0.500. The lowest BCUT2D eigenvalue weighted by Gasteiger charge is -2.15. The van der Waals surface area contributed by atoms with Crippen LogP contribution in [0.25, 0.3) is 0 Å². The first kappa shape index (κ1) is 15.4. The number of amides is 1. The molecule has 1 aromatic carbocycles. The molecule has 1 aliphatic carbocycles. The summed E-state index contributed by atoms with van der Waals surface area (Å²) in [5.41, 5.74) is 1.11. The Morgan fingerprint density at radius 3 is 2.52 bits per heavy atom. The summed E-state index contributed by atoms with van der Waals surface area (Å²) in [6.45, 7) is 0.522. The molecule has 0 saturated heterocycles. The highest BCUT2D eigenvalue weighted by Gasteiger charge is 2.37. The van der Waals surface area contributed by atoms with E-state index < -0.39 is 11.9 Å². The zero-order chi connectivity index (χ0) is 15.2. The van der Waals surface area contributed by atoms with E-state index in [-0.39, 0.29) is 11.8 Å². The fourth-order valence-corrected chi connectivity index (χ4v) is 2.82. The van der Waals surface area contributed by atoms with Gasteiger partial charge in [0.25, 0.3) is 0 Å². The molecule has 0 aromatic heterocycles. The van der Waals surface area contributed by atoms with Crippen molar-refractivity contribution in [3.8, 4) is 5.75 Å². The van der Waals surface area contributed by atoms with E-state index in [4.69, 9.17) is 9.84 Å². The van der Waals surface area contributed by atoms with Gasteiger partial charge in [-0.25, -0.2) is 0 Å². The average molecular weight is 291 g/mol. The molecule has 1 aromatic rings. The molecular weight excluding hydrogens is 270 g/mol. The van der Waals surface area contributed by atoms with Gasteiger partial charge in [0.15, 0.2) is 0 Å². The van der Waals surface area contributed by atoms with Crippen LogP contribution in [0.3, 0.4) is 0 Å². The molecule has 1 aliphatic rings. The quantitative estimate of drug-likeness (QED) is 0.838. The van der Waals surface area contributed by atoms with E-state index in [1.165, 1.54) is 0 Å². The van der Waals surface area contributed by atoms with Crippen molar-refractivity contribution < 1.29 is 19.4 Å². The zero-order valence-electron chi connectivity index (χ0n) is 12.2. The summed E-state index contributed by atoms with van der Waals surface area (Å²) >= 11 is 0. The van der Waals surface area contributed by atoms with Crippen LogP contribution in [0.2, 0.25) is 0 Å². The highest BCUT2D eigenvalue weighted by Crippen LogP contribution is 2.31. The third kappa shape index (κ3) is 3.97. The molecule has 5 heteroatoms. The first-order chi connectivity index (χ1) is 10.1. The van der Waals surface area contributed by atoms with Gasteiger partial charge in [0.1, 0.15) is 5.75 Å². The van der Waals surface area contributed by atoms with Gasteiger partial charge in [-0.1, -0.05) is 18.6 Å². The van der Waals surface area contributed by atoms with Gasteiger partial charge in [-0.3, -0.25) is 9.59 Å². The Balaban J connectivity index is 1.79. The number of carboxylic acid groups (broad SMARTS) is 1. The van der Waals surface area contributed by atoms with Gasteiger partial charge < -0.3 is 15.2 Å². The van der Waals surface area contributed by atoms with Gasteiger partial charge in [-0.05, 0) is 37.0 Å². The number of carbonyl (C=O) groups excluding carboxylic acids is 1. The third-order valence-corrected chi connectivity index (χ3v) is 4.04. The minimum atomic E-state index is -0.859. The molecule has 0 spiro atoms. The Kier molecular flexibility index (Phi) is 5.20. The first-order valence-electron chi connectivity index (χ1n) is 7.25. The smallest absolute Gasteiger partial charge is 0.307 e. The van der Waals surface area contributed by atoms with Gasteiger partial charge in [0, 0.05) is 6.54 Å². The van der Waals surface area contributed by atoms with Crippen LogP contribution in [-0.4, -0.2) is 30.6 Å². The molecule has 5 nitrogen and oxygen atoms in total. The van der Waals surface area contributed by atoms with Gasteiger partial charge in [-0.15, -0.1) is 0 Å². The lowest BCUT2D eigenvalue weighted by atomic mass is 9.95. The van der Waals surface area contributed by atoms with Crippen molar-refractivity contribution in [1.82, 2.24) is 5.32 Å².